The minimum atomic E-state index is -3.67. The van der Waals surface area contributed by atoms with E-state index < -0.39 is 10.2 Å². The van der Waals surface area contributed by atoms with Gasteiger partial charge < -0.3 is 10.6 Å². The van der Waals surface area contributed by atoms with E-state index in [-0.39, 0.29) is 12.3 Å². The molecule has 0 saturated heterocycles. The summed E-state index contributed by atoms with van der Waals surface area (Å²) in [6, 6.07) is 5.75. The first-order valence-corrected chi connectivity index (χ1v) is 8.74. The molecule has 3 rings (SSSR count). The normalized spacial score (nSPS) is 18.6. The summed E-state index contributed by atoms with van der Waals surface area (Å²) < 4.78 is 28.8. The molecule has 2 aliphatic rings. The van der Waals surface area contributed by atoms with Crippen LogP contribution in [0.15, 0.2) is 33.9 Å². The summed E-state index contributed by atoms with van der Waals surface area (Å²) in [7, 11) is -3.67. The van der Waals surface area contributed by atoms with E-state index >= 15 is 0 Å². The van der Waals surface area contributed by atoms with E-state index in [1.807, 2.05) is 18.2 Å². The molecular formula is C15H18N4O3S. The summed E-state index contributed by atoms with van der Waals surface area (Å²) in [5.74, 6) is -0.207. The zero-order valence-corrected chi connectivity index (χ0v) is 13.8. The second kappa shape index (κ2) is 5.69. The molecule has 1 aromatic rings. The number of allylic oxidation sites excluding steroid dienone is 1. The molecule has 1 amide bonds. The van der Waals surface area contributed by atoms with E-state index in [1.165, 1.54) is 5.56 Å². The van der Waals surface area contributed by atoms with Crippen LogP contribution in [0.1, 0.15) is 25.8 Å². The van der Waals surface area contributed by atoms with Crippen LogP contribution in [0.25, 0.3) is 0 Å². The highest BCUT2D eigenvalue weighted by Gasteiger charge is 2.22. The number of anilines is 2. The molecule has 7 nitrogen and oxygen atoms in total. The number of carbonyl (C=O) groups is 1. The van der Waals surface area contributed by atoms with Gasteiger partial charge in [-0.25, -0.2) is 0 Å². The molecule has 0 spiro atoms. The summed E-state index contributed by atoms with van der Waals surface area (Å²) in [5.41, 5.74) is 4.40. The van der Waals surface area contributed by atoms with Crippen LogP contribution in [0.3, 0.4) is 0 Å². The minimum absolute atomic E-state index is 0.0685. The summed E-state index contributed by atoms with van der Waals surface area (Å²) in [6.07, 6.45) is 1.01. The molecule has 2 heterocycles. The third-order valence-corrected chi connectivity index (χ3v) is 4.94. The van der Waals surface area contributed by atoms with Gasteiger partial charge in [0.05, 0.1) is 12.1 Å². The highest BCUT2D eigenvalue weighted by molar-refractivity contribution is 7.88. The van der Waals surface area contributed by atoms with E-state index in [2.05, 4.69) is 19.8 Å². The van der Waals surface area contributed by atoms with Gasteiger partial charge in [-0.3, -0.25) is 9.52 Å². The van der Waals surface area contributed by atoms with Crippen molar-refractivity contribution in [2.24, 2.45) is 4.40 Å². The van der Waals surface area contributed by atoms with Gasteiger partial charge in [-0.2, -0.15) is 8.42 Å². The highest BCUT2D eigenvalue weighted by Crippen LogP contribution is 2.25. The number of rotatable bonds is 3. The predicted octanol–water partition coefficient (Wildman–Crippen LogP) is 1.57. The molecule has 0 unspecified atom stereocenters. The fourth-order valence-electron chi connectivity index (χ4n) is 2.79. The molecule has 0 aromatic heterocycles. The average molecular weight is 334 g/mol. The Morgan fingerprint density at radius 3 is 2.87 bits per heavy atom. The fraction of sp³-hybridized carbons (Fsp3) is 0.333. The van der Waals surface area contributed by atoms with Crippen LogP contribution in [0.4, 0.5) is 11.4 Å². The minimum Gasteiger partial charge on any atom is -0.384 e. The Bertz CT molecular complexity index is 840. The van der Waals surface area contributed by atoms with E-state index in [1.54, 1.807) is 13.8 Å². The van der Waals surface area contributed by atoms with Crippen LogP contribution in [0.5, 0.6) is 0 Å². The van der Waals surface area contributed by atoms with Gasteiger partial charge in [0.25, 0.3) is 0 Å². The topological polar surface area (TPSA) is 99.7 Å². The Balaban J connectivity index is 1.72. The van der Waals surface area contributed by atoms with Crippen LogP contribution in [-0.4, -0.2) is 26.6 Å². The zero-order valence-electron chi connectivity index (χ0n) is 12.9. The Hall–Kier alpha value is -2.35. The van der Waals surface area contributed by atoms with Gasteiger partial charge in [0.2, 0.25) is 5.91 Å². The van der Waals surface area contributed by atoms with Crippen molar-refractivity contribution in [2.75, 3.05) is 17.2 Å². The van der Waals surface area contributed by atoms with Gasteiger partial charge in [0.1, 0.15) is 0 Å². The molecule has 0 fully saturated rings. The Kier molecular flexibility index (Phi) is 3.85. The molecular weight excluding hydrogens is 316 g/mol. The third kappa shape index (κ3) is 3.37. The zero-order chi connectivity index (χ0) is 16.6. The molecule has 0 radical (unpaired) electrons. The van der Waals surface area contributed by atoms with Gasteiger partial charge in [-0.1, -0.05) is 0 Å². The standard InChI is InChI=1S/C15H18N4O3S/c1-9-13(10(2)19-23(21,22)18-9)8-15(20)17-12-3-4-14-11(7-12)5-6-16-14/h3-4,7,16,18H,5-6,8H2,1-2H3,(H,17,20). The summed E-state index contributed by atoms with van der Waals surface area (Å²) in [4.78, 5) is 12.2. The Morgan fingerprint density at radius 2 is 2.13 bits per heavy atom. The number of carbonyl (C=O) groups excluding carboxylic acids is 1. The van der Waals surface area contributed by atoms with Crippen LogP contribution in [-0.2, 0) is 21.4 Å². The van der Waals surface area contributed by atoms with Crippen molar-refractivity contribution in [3.63, 3.8) is 0 Å². The van der Waals surface area contributed by atoms with E-state index in [0.29, 0.717) is 17.0 Å². The number of hydrogen-bond acceptors (Lipinski definition) is 4. The van der Waals surface area contributed by atoms with Crippen molar-refractivity contribution in [3.8, 4) is 0 Å². The Labute approximate surface area is 135 Å². The maximum Gasteiger partial charge on any atom is 0.342 e. The summed E-state index contributed by atoms with van der Waals surface area (Å²) in [5, 5.41) is 6.11. The predicted molar refractivity (Wildman–Crippen MR) is 89.7 cm³/mol. The summed E-state index contributed by atoms with van der Waals surface area (Å²) in [6.45, 7) is 4.12. The Morgan fingerprint density at radius 1 is 1.35 bits per heavy atom. The van der Waals surface area contributed by atoms with Gasteiger partial charge in [0.15, 0.2) is 0 Å². The van der Waals surface area contributed by atoms with Crippen LogP contribution >= 0.6 is 0 Å². The SMILES string of the molecule is CC1=NS(=O)(=O)NC(C)=C1CC(=O)Nc1ccc2c(c1)CCN2. The first-order chi connectivity index (χ1) is 10.8. The molecule has 23 heavy (non-hydrogen) atoms. The average Bonchev–Trinajstić information content (AvgIpc) is 2.89. The first-order valence-electron chi connectivity index (χ1n) is 7.30. The second-order valence-corrected chi connectivity index (χ2v) is 6.97. The second-order valence-electron chi connectivity index (χ2n) is 5.63. The lowest BCUT2D eigenvalue weighted by molar-refractivity contribution is -0.115. The third-order valence-electron chi connectivity index (χ3n) is 3.86. The van der Waals surface area contributed by atoms with E-state index in [9.17, 15) is 13.2 Å². The number of hydrogen-bond donors (Lipinski definition) is 3. The molecule has 3 N–H and O–H groups in total. The van der Waals surface area contributed by atoms with Crippen LogP contribution in [0.2, 0.25) is 0 Å². The molecule has 0 saturated carbocycles. The van der Waals surface area contributed by atoms with Crippen LogP contribution in [0, 0.1) is 0 Å². The molecule has 8 heteroatoms. The van der Waals surface area contributed by atoms with E-state index in [4.69, 9.17) is 0 Å². The lowest BCUT2D eigenvalue weighted by Gasteiger charge is -2.17. The van der Waals surface area contributed by atoms with Crippen molar-refractivity contribution >= 4 is 33.2 Å². The molecule has 0 aliphatic carbocycles. The number of amides is 1. The van der Waals surface area contributed by atoms with E-state index in [0.717, 1.165) is 24.3 Å². The van der Waals surface area contributed by atoms with Gasteiger partial charge in [-0.05, 0) is 44.0 Å². The lowest BCUT2D eigenvalue weighted by atomic mass is 10.1. The smallest absolute Gasteiger partial charge is 0.342 e. The number of nitrogens with one attached hydrogen (secondary N) is 3. The number of fused-ring (bicyclic) bond motifs is 1. The maximum atomic E-state index is 12.2. The molecule has 0 atom stereocenters. The quantitative estimate of drug-likeness (QED) is 0.781. The lowest BCUT2D eigenvalue weighted by Crippen LogP contribution is -2.29. The van der Waals surface area contributed by atoms with Crippen molar-refractivity contribution in [1.82, 2.24) is 4.72 Å². The largest absolute Gasteiger partial charge is 0.384 e. The van der Waals surface area contributed by atoms with Crippen molar-refractivity contribution in [2.45, 2.75) is 26.7 Å². The van der Waals surface area contributed by atoms with Gasteiger partial charge >= 0.3 is 10.2 Å². The number of benzene rings is 1. The first kappa shape index (κ1) is 15.5. The summed E-state index contributed by atoms with van der Waals surface area (Å²) >= 11 is 0. The van der Waals surface area contributed by atoms with Crippen molar-refractivity contribution in [1.29, 1.82) is 0 Å². The highest BCUT2D eigenvalue weighted by atomic mass is 32.2. The number of nitrogens with zero attached hydrogens (tertiary/aromatic N) is 1. The molecule has 2 aliphatic heterocycles. The monoisotopic (exact) mass is 334 g/mol. The maximum absolute atomic E-state index is 12.2. The molecule has 0 bridgehead atoms. The van der Waals surface area contributed by atoms with Gasteiger partial charge in [0, 0.05) is 29.2 Å². The van der Waals surface area contributed by atoms with Crippen molar-refractivity contribution < 1.29 is 13.2 Å². The molecule has 122 valence electrons. The van der Waals surface area contributed by atoms with Gasteiger partial charge in [-0.15, -0.1) is 4.40 Å². The van der Waals surface area contributed by atoms with Crippen molar-refractivity contribution in [3.05, 3.63) is 35.0 Å². The fourth-order valence-corrected chi connectivity index (χ4v) is 3.82. The molecule has 1 aromatic carbocycles. The van der Waals surface area contributed by atoms with Crippen LogP contribution < -0.4 is 15.4 Å².